The Morgan fingerprint density at radius 3 is 1.74 bits per heavy atom. The number of nitrogens with zero attached hydrogens (tertiary/aromatic N) is 4. The lowest BCUT2D eigenvalue weighted by Gasteiger charge is -2.09. The summed E-state index contributed by atoms with van der Waals surface area (Å²) in [6.45, 7) is 8.24. The van der Waals surface area contributed by atoms with E-state index in [-0.39, 0.29) is 5.91 Å². The number of aliphatic hydroxyl groups is 2. The second-order valence-electron chi connectivity index (χ2n) is 11.8. The van der Waals surface area contributed by atoms with E-state index < -0.39 is 12.2 Å². The van der Waals surface area contributed by atoms with Gasteiger partial charge >= 0.3 is 0 Å². The minimum Gasteiger partial charge on any atom is -0.389 e. The number of anilines is 4. The Morgan fingerprint density at radius 1 is 0.740 bits per heavy atom. The molecule has 6 rings (SSSR count). The minimum atomic E-state index is -0.541. The lowest BCUT2D eigenvalue weighted by atomic mass is 10.1. The maximum Gasteiger partial charge on any atom is 0.252 e. The van der Waals surface area contributed by atoms with Gasteiger partial charge in [-0.3, -0.25) is 4.79 Å². The van der Waals surface area contributed by atoms with E-state index in [0.717, 1.165) is 48.1 Å². The number of rotatable bonds is 11. The molecule has 0 fully saturated rings. The second kappa shape index (κ2) is 17.4. The number of carbonyl (C=O) groups is 1. The second-order valence-corrected chi connectivity index (χ2v) is 14.6. The first-order valence-corrected chi connectivity index (χ1v) is 18.5. The summed E-state index contributed by atoms with van der Waals surface area (Å²) in [5.41, 5.74) is 5.58. The van der Waals surface area contributed by atoms with Crippen LogP contribution in [0.5, 0.6) is 0 Å². The van der Waals surface area contributed by atoms with Crippen LogP contribution in [-0.2, 0) is 0 Å². The third-order valence-electron chi connectivity index (χ3n) is 7.17. The molecule has 2 unspecified atom stereocenters. The Hall–Kier alpha value is -4.53. The molecule has 2 atom stereocenters. The van der Waals surface area contributed by atoms with Gasteiger partial charge in [-0.1, -0.05) is 38.1 Å². The molecule has 0 saturated carbocycles. The first-order chi connectivity index (χ1) is 24.0. The molecule has 50 heavy (non-hydrogen) atoms. The average molecular weight is 773 g/mol. The minimum absolute atomic E-state index is 0.0708. The van der Waals surface area contributed by atoms with Gasteiger partial charge in [-0.05, 0) is 95.4 Å². The van der Waals surface area contributed by atoms with Crippen molar-refractivity contribution in [2.45, 2.75) is 39.9 Å². The van der Waals surface area contributed by atoms with Gasteiger partial charge < -0.3 is 26.2 Å². The van der Waals surface area contributed by atoms with Gasteiger partial charge in [0, 0.05) is 45.5 Å². The highest BCUT2D eigenvalue weighted by atomic mass is 79.9. The van der Waals surface area contributed by atoms with Gasteiger partial charge in [0.05, 0.1) is 38.9 Å². The number of amides is 1. The van der Waals surface area contributed by atoms with E-state index in [4.69, 9.17) is 0 Å². The van der Waals surface area contributed by atoms with Crippen LogP contribution in [-0.4, -0.2) is 42.6 Å². The lowest BCUT2D eigenvalue weighted by molar-refractivity contribution is 0.0949. The number of hydrogen-bond donors (Lipinski definition) is 5. The fraction of sp³-hybridized carbons (Fsp3) is 0.216. The van der Waals surface area contributed by atoms with Gasteiger partial charge in [-0.2, -0.15) is 0 Å². The summed E-state index contributed by atoms with van der Waals surface area (Å²) in [5, 5.41) is 32.5. The van der Waals surface area contributed by atoms with Gasteiger partial charge in [0.25, 0.3) is 5.91 Å². The zero-order chi connectivity index (χ0) is 35.6. The van der Waals surface area contributed by atoms with Crippen molar-refractivity contribution in [1.29, 1.82) is 0 Å². The van der Waals surface area contributed by atoms with Crippen molar-refractivity contribution in [2.24, 2.45) is 5.92 Å². The van der Waals surface area contributed by atoms with Crippen molar-refractivity contribution in [3.8, 4) is 21.1 Å². The van der Waals surface area contributed by atoms with Crippen LogP contribution in [0, 0.1) is 5.92 Å². The molecule has 0 spiro atoms. The molecule has 0 radical (unpaired) electrons. The number of aromatic nitrogens is 4. The van der Waals surface area contributed by atoms with E-state index in [0.29, 0.717) is 29.9 Å². The first-order valence-electron chi connectivity index (χ1n) is 15.9. The summed E-state index contributed by atoms with van der Waals surface area (Å²) in [4.78, 5) is 31.8. The molecule has 2 aromatic carbocycles. The van der Waals surface area contributed by atoms with Crippen LogP contribution >= 0.6 is 38.6 Å². The molecule has 0 saturated heterocycles. The van der Waals surface area contributed by atoms with E-state index in [1.165, 1.54) is 11.3 Å². The molecule has 0 aliphatic heterocycles. The smallest absolute Gasteiger partial charge is 0.252 e. The van der Waals surface area contributed by atoms with Gasteiger partial charge in [0.15, 0.2) is 0 Å². The SMILES string of the molecule is CC(C)CNC(=O)c1csc(-c2ccnc(Nc3cccc(C(C)O)c3)n2)c1.CC(O)c1cccc(Nc2nccc(-c3cc(Br)cs3)n2)c1. The van der Waals surface area contributed by atoms with Gasteiger partial charge in [0.1, 0.15) is 0 Å². The van der Waals surface area contributed by atoms with Crippen LogP contribution in [0.1, 0.15) is 61.4 Å². The Morgan fingerprint density at radius 2 is 1.26 bits per heavy atom. The number of carbonyl (C=O) groups excluding carboxylic acids is 1. The summed E-state index contributed by atoms with van der Waals surface area (Å²) in [7, 11) is 0. The highest BCUT2D eigenvalue weighted by Crippen LogP contribution is 2.30. The van der Waals surface area contributed by atoms with Crippen LogP contribution in [0.15, 0.2) is 100 Å². The average Bonchev–Trinajstić information content (AvgIpc) is 3.78. The lowest BCUT2D eigenvalue weighted by Crippen LogP contribution is -2.26. The molecular formula is C37H38BrN7O3S2. The maximum absolute atomic E-state index is 12.2. The van der Waals surface area contributed by atoms with Gasteiger partial charge in [0.2, 0.25) is 11.9 Å². The maximum atomic E-state index is 12.2. The van der Waals surface area contributed by atoms with E-state index in [9.17, 15) is 15.0 Å². The summed E-state index contributed by atoms with van der Waals surface area (Å²) in [6, 6.07) is 22.7. The summed E-state index contributed by atoms with van der Waals surface area (Å²) < 4.78 is 1.05. The number of aliphatic hydroxyl groups excluding tert-OH is 2. The molecular weight excluding hydrogens is 734 g/mol. The van der Waals surface area contributed by atoms with Gasteiger partial charge in [-0.25, -0.2) is 19.9 Å². The monoisotopic (exact) mass is 771 g/mol. The quantitative estimate of drug-likeness (QED) is 0.0871. The molecule has 4 heterocycles. The number of thiophene rings is 2. The molecule has 0 aliphatic carbocycles. The van der Waals surface area contributed by atoms with E-state index in [1.807, 2.05) is 83.6 Å². The molecule has 258 valence electrons. The topological polar surface area (TPSA) is 145 Å². The van der Waals surface area contributed by atoms with Crippen molar-refractivity contribution in [3.63, 3.8) is 0 Å². The summed E-state index contributed by atoms with van der Waals surface area (Å²) in [5.74, 6) is 1.33. The van der Waals surface area contributed by atoms with Crippen LogP contribution in [0.3, 0.4) is 0 Å². The van der Waals surface area contributed by atoms with Crippen LogP contribution in [0.2, 0.25) is 0 Å². The normalized spacial score (nSPS) is 12.1. The van der Waals surface area contributed by atoms with Crippen LogP contribution in [0.25, 0.3) is 21.1 Å². The van der Waals surface area contributed by atoms with E-state index in [2.05, 4.69) is 65.7 Å². The molecule has 4 aromatic heterocycles. The standard InChI is InChI=1S/C21H24N4O2S.C16H14BrN3OS/c1-13(2)11-23-20(27)16-10-19(28-12-16)18-7-8-22-21(25-18)24-17-6-4-5-15(9-17)14(3)26;1-10(21)11-3-2-4-13(7-11)19-16-18-6-5-14(20-16)15-8-12(17)9-22-15/h4-10,12-14,26H,11H2,1-3H3,(H,23,27)(H,22,24,25);2-10,21H,1H3,(H,18,19,20). The fourth-order valence-corrected chi connectivity index (χ4v) is 6.82. The van der Waals surface area contributed by atoms with Crippen molar-refractivity contribution in [1.82, 2.24) is 25.3 Å². The third kappa shape index (κ3) is 10.5. The molecule has 13 heteroatoms. The Bertz CT molecular complexity index is 2030. The van der Waals surface area contributed by atoms with Crippen molar-refractivity contribution < 1.29 is 15.0 Å². The van der Waals surface area contributed by atoms with Gasteiger partial charge in [-0.15, -0.1) is 22.7 Å². The van der Waals surface area contributed by atoms with Crippen molar-refractivity contribution >= 4 is 67.8 Å². The molecule has 0 aliphatic rings. The number of halogens is 1. The van der Waals surface area contributed by atoms with Crippen molar-refractivity contribution in [3.05, 3.63) is 117 Å². The predicted molar refractivity (Wildman–Crippen MR) is 206 cm³/mol. The largest absolute Gasteiger partial charge is 0.389 e. The highest BCUT2D eigenvalue weighted by molar-refractivity contribution is 9.10. The molecule has 5 N–H and O–H groups in total. The van der Waals surface area contributed by atoms with E-state index in [1.54, 1.807) is 37.6 Å². The predicted octanol–water partition coefficient (Wildman–Crippen LogP) is 9.15. The first kappa shape index (κ1) is 36.7. The molecule has 1 amide bonds. The molecule has 0 bridgehead atoms. The molecule has 10 nitrogen and oxygen atoms in total. The summed E-state index contributed by atoms with van der Waals surface area (Å²) >= 11 is 6.55. The number of benzene rings is 2. The number of nitrogens with one attached hydrogen (secondary N) is 3. The number of hydrogen-bond acceptors (Lipinski definition) is 11. The Kier molecular flexibility index (Phi) is 12.8. The zero-order valence-electron chi connectivity index (χ0n) is 28.0. The highest BCUT2D eigenvalue weighted by Gasteiger charge is 2.12. The van der Waals surface area contributed by atoms with Crippen LogP contribution in [0.4, 0.5) is 23.3 Å². The van der Waals surface area contributed by atoms with Crippen molar-refractivity contribution in [2.75, 3.05) is 17.2 Å². The molecule has 6 aromatic rings. The zero-order valence-corrected chi connectivity index (χ0v) is 31.2. The Balaban J connectivity index is 0.000000200. The Labute approximate surface area is 307 Å². The fourth-order valence-electron chi connectivity index (χ4n) is 4.56. The summed E-state index contributed by atoms with van der Waals surface area (Å²) in [6.07, 6.45) is 2.37. The van der Waals surface area contributed by atoms with Crippen LogP contribution < -0.4 is 16.0 Å². The third-order valence-corrected chi connectivity index (χ3v) is 9.83. The van der Waals surface area contributed by atoms with E-state index >= 15 is 0 Å².